The van der Waals surface area contributed by atoms with Crippen LogP contribution in [0.4, 0.5) is 5.13 Å². The Morgan fingerprint density at radius 1 is 1.24 bits per heavy atom. The van der Waals surface area contributed by atoms with Gasteiger partial charge in [0.1, 0.15) is 11.5 Å². The molecule has 106 valence electrons. The number of nitrogens with one attached hydrogen (secondary N) is 1. The first kappa shape index (κ1) is 13.6. The van der Waals surface area contributed by atoms with Crippen molar-refractivity contribution < 1.29 is 9.21 Å². The Labute approximate surface area is 126 Å². The van der Waals surface area contributed by atoms with Crippen LogP contribution in [-0.2, 0) is 0 Å². The molecular weight excluding hydrogens is 284 g/mol. The van der Waals surface area contributed by atoms with Crippen molar-refractivity contribution in [2.45, 2.75) is 13.8 Å². The fraction of sp³-hybridized carbons (Fsp3) is 0.125. The minimum absolute atomic E-state index is 0.196. The van der Waals surface area contributed by atoms with Crippen LogP contribution >= 0.6 is 11.3 Å². The van der Waals surface area contributed by atoms with E-state index in [0.717, 1.165) is 17.0 Å². The number of rotatable bonds is 3. The van der Waals surface area contributed by atoms with E-state index >= 15 is 0 Å². The molecule has 0 aliphatic carbocycles. The molecule has 0 radical (unpaired) electrons. The van der Waals surface area contributed by atoms with Crippen LogP contribution in [0.5, 0.6) is 0 Å². The first-order chi connectivity index (χ1) is 10.1. The fourth-order valence-corrected chi connectivity index (χ4v) is 2.81. The van der Waals surface area contributed by atoms with E-state index in [9.17, 15) is 4.79 Å². The van der Waals surface area contributed by atoms with E-state index in [2.05, 4.69) is 10.3 Å². The molecule has 0 saturated heterocycles. The maximum Gasteiger partial charge on any atom is 0.260 e. The van der Waals surface area contributed by atoms with Gasteiger partial charge in [0, 0.05) is 10.9 Å². The number of furan rings is 1. The van der Waals surface area contributed by atoms with E-state index in [1.54, 1.807) is 13.0 Å². The zero-order valence-electron chi connectivity index (χ0n) is 11.7. The molecule has 1 aromatic carbocycles. The second-order valence-electron chi connectivity index (χ2n) is 4.68. The lowest BCUT2D eigenvalue weighted by Crippen LogP contribution is -2.11. The van der Waals surface area contributed by atoms with Crippen LogP contribution in [-0.4, -0.2) is 10.9 Å². The molecule has 0 unspecified atom stereocenters. The van der Waals surface area contributed by atoms with Gasteiger partial charge in [0.2, 0.25) is 0 Å². The smallest absolute Gasteiger partial charge is 0.260 e. The number of hydrogen-bond donors (Lipinski definition) is 1. The minimum atomic E-state index is -0.196. The first-order valence-corrected chi connectivity index (χ1v) is 7.41. The summed E-state index contributed by atoms with van der Waals surface area (Å²) in [6.07, 6.45) is 0. The molecular formula is C16H14N2O2S. The molecule has 1 N–H and O–H groups in total. The van der Waals surface area contributed by atoms with E-state index in [0.29, 0.717) is 16.5 Å². The van der Waals surface area contributed by atoms with Gasteiger partial charge in [-0.1, -0.05) is 30.3 Å². The molecule has 0 bridgehead atoms. The van der Waals surface area contributed by atoms with Crippen LogP contribution in [0.3, 0.4) is 0 Å². The largest absolute Gasteiger partial charge is 0.466 e. The number of aromatic nitrogens is 1. The molecule has 0 aliphatic rings. The Hall–Kier alpha value is -2.40. The van der Waals surface area contributed by atoms with Crippen molar-refractivity contribution in [3.63, 3.8) is 0 Å². The van der Waals surface area contributed by atoms with Crippen molar-refractivity contribution in [3.8, 4) is 11.3 Å². The number of nitrogens with zero attached hydrogens (tertiary/aromatic N) is 1. The van der Waals surface area contributed by atoms with Gasteiger partial charge in [0.15, 0.2) is 5.13 Å². The number of carbonyl (C=O) groups excluding carboxylic acids is 1. The van der Waals surface area contributed by atoms with Crippen LogP contribution < -0.4 is 5.32 Å². The highest BCUT2D eigenvalue weighted by molar-refractivity contribution is 7.14. The van der Waals surface area contributed by atoms with E-state index in [1.165, 1.54) is 11.3 Å². The molecule has 0 saturated carbocycles. The zero-order valence-corrected chi connectivity index (χ0v) is 12.5. The number of anilines is 1. The van der Waals surface area contributed by atoms with Gasteiger partial charge in [-0.05, 0) is 19.9 Å². The van der Waals surface area contributed by atoms with Crippen molar-refractivity contribution >= 4 is 22.4 Å². The summed E-state index contributed by atoms with van der Waals surface area (Å²) >= 11 is 1.41. The lowest BCUT2D eigenvalue weighted by molar-refractivity contribution is 0.102. The quantitative estimate of drug-likeness (QED) is 0.785. The summed E-state index contributed by atoms with van der Waals surface area (Å²) in [5, 5.41) is 5.32. The summed E-state index contributed by atoms with van der Waals surface area (Å²) in [4.78, 5) is 16.6. The Morgan fingerprint density at radius 3 is 2.67 bits per heavy atom. The third-order valence-electron chi connectivity index (χ3n) is 3.08. The van der Waals surface area contributed by atoms with E-state index in [4.69, 9.17) is 4.42 Å². The lowest BCUT2D eigenvalue weighted by atomic mass is 10.2. The SMILES string of the molecule is Cc1cc(C(=O)Nc2nc(-c3ccccc3)cs2)c(C)o1. The summed E-state index contributed by atoms with van der Waals surface area (Å²) in [6.45, 7) is 3.60. The summed E-state index contributed by atoms with van der Waals surface area (Å²) in [7, 11) is 0. The fourth-order valence-electron chi connectivity index (χ4n) is 2.09. The van der Waals surface area contributed by atoms with Gasteiger partial charge in [-0.3, -0.25) is 10.1 Å². The number of aryl methyl sites for hydroxylation is 2. The van der Waals surface area contributed by atoms with Crippen molar-refractivity contribution in [2.24, 2.45) is 0 Å². The normalized spacial score (nSPS) is 10.6. The maximum absolute atomic E-state index is 12.2. The molecule has 0 atom stereocenters. The number of amides is 1. The van der Waals surface area contributed by atoms with Gasteiger partial charge in [0.25, 0.3) is 5.91 Å². The maximum atomic E-state index is 12.2. The molecule has 21 heavy (non-hydrogen) atoms. The Bertz CT molecular complexity index is 775. The van der Waals surface area contributed by atoms with Crippen molar-refractivity contribution in [1.29, 1.82) is 0 Å². The van der Waals surface area contributed by atoms with Gasteiger partial charge < -0.3 is 4.42 Å². The molecule has 4 nitrogen and oxygen atoms in total. The monoisotopic (exact) mass is 298 g/mol. The molecule has 2 heterocycles. The highest BCUT2D eigenvalue weighted by Gasteiger charge is 2.15. The first-order valence-electron chi connectivity index (χ1n) is 6.53. The summed E-state index contributed by atoms with van der Waals surface area (Å²) < 4.78 is 5.37. The van der Waals surface area contributed by atoms with Crippen LogP contribution in [0, 0.1) is 13.8 Å². The van der Waals surface area contributed by atoms with Gasteiger partial charge in [-0.25, -0.2) is 4.98 Å². The second kappa shape index (κ2) is 5.54. The molecule has 0 spiro atoms. The summed E-state index contributed by atoms with van der Waals surface area (Å²) in [5.74, 6) is 1.14. The molecule has 0 fully saturated rings. The molecule has 3 rings (SSSR count). The van der Waals surface area contributed by atoms with Crippen LogP contribution in [0.25, 0.3) is 11.3 Å². The number of thiazole rings is 1. The van der Waals surface area contributed by atoms with E-state index in [1.807, 2.05) is 42.6 Å². The van der Waals surface area contributed by atoms with Crippen LogP contribution in [0.1, 0.15) is 21.9 Å². The molecule has 3 aromatic rings. The van der Waals surface area contributed by atoms with Gasteiger partial charge >= 0.3 is 0 Å². The third-order valence-corrected chi connectivity index (χ3v) is 3.84. The number of hydrogen-bond acceptors (Lipinski definition) is 4. The summed E-state index contributed by atoms with van der Waals surface area (Å²) in [5.41, 5.74) is 2.43. The van der Waals surface area contributed by atoms with Crippen molar-refractivity contribution in [2.75, 3.05) is 5.32 Å². The third kappa shape index (κ3) is 2.87. The topological polar surface area (TPSA) is 55.1 Å². The van der Waals surface area contributed by atoms with Crippen molar-refractivity contribution in [1.82, 2.24) is 4.98 Å². The van der Waals surface area contributed by atoms with Crippen molar-refractivity contribution in [3.05, 3.63) is 58.9 Å². The van der Waals surface area contributed by atoms with Gasteiger partial charge in [0.05, 0.1) is 11.3 Å². The van der Waals surface area contributed by atoms with E-state index in [-0.39, 0.29) is 5.91 Å². The average molecular weight is 298 g/mol. The minimum Gasteiger partial charge on any atom is -0.466 e. The predicted octanol–water partition coefficient (Wildman–Crippen LogP) is 4.27. The summed E-state index contributed by atoms with van der Waals surface area (Å²) in [6, 6.07) is 11.6. The number of benzene rings is 1. The Balaban J connectivity index is 1.79. The average Bonchev–Trinajstić information content (AvgIpc) is 3.06. The van der Waals surface area contributed by atoms with Gasteiger partial charge in [-0.15, -0.1) is 11.3 Å². The lowest BCUT2D eigenvalue weighted by Gasteiger charge is -1.99. The van der Waals surface area contributed by atoms with E-state index < -0.39 is 0 Å². The van der Waals surface area contributed by atoms with Gasteiger partial charge in [-0.2, -0.15) is 0 Å². The zero-order chi connectivity index (χ0) is 14.8. The molecule has 1 amide bonds. The molecule has 0 aliphatic heterocycles. The molecule has 2 aromatic heterocycles. The highest BCUT2D eigenvalue weighted by Crippen LogP contribution is 2.25. The second-order valence-corrected chi connectivity index (χ2v) is 5.54. The van der Waals surface area contributed by atoms with Crippen LogP contribution in [0.2, 0.25) is 0 Å². The van der Waals surface area contributed by atoms with Crippen LogP contribution in [0.15, 0.2) is 46.2 Å². The standard InChI is InChI=1S/C16H14N2O2S/c1-10-8-13(11(2)20-10)15(19)18-16-17-14(9-21-16)12-6-4-3-5-7-12/h3-9H,1-2H3,(H,17,18,19). The number of carbonyl (C=O) groups is 1. The Kier molecular flexibility index (Phi) is 3.58. The predicted molar refractivity (Wildman–Crippen MR) is 83.7 cm³/mol. The Morgan fingerprint density at radius 2 is 2.00 bits per heavy atom. The molecule has 5 heteroatoms. The highest BCUT2D eigenvalue weighted by atomic mass is 32.1.